The summed E-state index contributed by atoms with van der Waals surface area (Å²) in [5.41, 5.74) is 2.02. The number of amides is 1. The van der Waals surface area contributed by atoms with Crippen molar-refractivity contribution in [1.29, 1.82) is 0 Å². The predicted octanol–water partition coefficient (Wildman–Crippen LogP) is 4.23. The highest BCUT2D eigenvalue weighted by Crippen LogP contribution is 2.28. The van der Waals surface area contributed by atoms with E-state index in [1.807, 2.05) is 0 Å². The number of ether oxygens (including phenoxy) is 1. The Kier molecular flexibility index (Phi) is 6.81. The molecule has 1 amide bonds. The molecule has 34 heavy (non-hydrogen) atoms. The molecule has 8 nitrogen and oxygen atoms in total. The second kappa shape index (κ2) is 9.63. The van der Waals surface area contributed by atoms with Crippen molar-refractivity contribution in [3.05, 3.63) is 82.0 Å². The third-order valence-electron chi connectivity index (χ3n) is 5.13. The third-order valence-corrected chi connectivity index (χ3v) is 6.80. The number of aromatic nitrogens is 2. The van der Waals surface area contributed by atoms with Crippen LogP contribution in [0.1, 0.15) is 11.1 Å². The van der Waals surface area contributed by atoms with Crippen molar-refractivity contribution in [1.82, 2.24) is 9.78 Å². The maximum Gasteiger partial charge on any atom is 0.238 e. The maximum absolute atomic E-state index is 12.6. The van der Waals surface area contributed by atoms with Crippen LogP contribution in [0.25, 0.3) is 10.9 Å². The molecule has 1 heterocycles. The molecule has 0 aliphatic rings. The van der Waals surface area contributed by atoms with Gasteiger partial charge in [0.2, 0.25) is 15.9 Å². The van der Waals surface area contributed by atoms with Crippen LogP contribution in [0.5, 0.6) is 5.75 Å². The fourth-order valence-electron chi connectivity index (χ4n) is 3.51. The van der Waals surface area contributed by atoms with E-state index >= 15 is 0 Å². The summed E-state index contributed by atoms with van der Waals surface area (Å²) in [5.74, 6) is 0.255. The van der Waals surface area contributed by atoms with Crippen molar-refractivity contribution in [3.63, 3.8) is 0 Å². The molecule has 0 radical (unpaired) electrons. The van der Waals surface area contributed by atoms with E-state index in [1.165, 1.54) is 6.07 Å². The van der Waals surface area contributed by atoms with Crippen LogP contribution >= 0.6 is 23.2 Å². The summed E-state index contributed by atoms with van der Waals surface area (Å²) in [6, 6.07) is 15.1. The molecule has 4 rings (SSSR count). The molecular formula is C23H20Cl2N4O4S. The van der Waals surface area contributed by atoms with E-state index in [4.69, 9.17) is 33.1 Å². The smallest absolute Gasteiger partial charge is 0.238 e. The minimum absolute atomic E-state index is 0.0207. The molecule has 0 saturated heterocycles. The number of fused-ring (bicyclic) bond motifs is 1. The number of hydrogen-bond acceptors (Lipinski definition) is 5. The fraction of sp³-hybridized carbons (Fsp3) is 0.130. The summed E-state index contributed by atoms with van der Waals surface area (Å²) in [6.45, 7) is 0.287. The largest absolute Gasteiger partial charge is 0.497 e. The SMILES string of the molecule is COc1ccc(Cn2cc3c(S(N)(=O)=O)cc(NC(=O)Cc4ccccc4Cl)cc3n2)c(Cl)c1. The molecule has 11 heteroatoms. The molecule has 0 unspecified atom stereocenters. The van der Waals surface area contributed by atoms with Gasteiger partial charge in [-0.15, -0.1) is 0 Å². The van der Waals surface area contributed by atoms with Crippen LogP contribution in [-0.4, -0.2) is 31.2 Å². The first-order valence-electron chi connectivity index (χ1n) is 10.0. The Morgan fingerprint density at radius 1 is 1.09 bits per heavy atom. The van der Waals surface area contributed by atoms with Crippen molar-refractivity contribution in [2.24, 2.45) is 5.14 Å². The first kappa shape index (κ1) is 24.0. The van der Waals surface area contributed by atoms with Gasteiger partial charge in [-0.2, -0.15) is 5.10 Å². The predicted molar refractivity (Wildman–Crippen MR) is 132 cm³/mol. The molecule has 4 aromatic rings. The Morgan fingerprint density at radius 3 is 2.53 bits per heavy atom. The molecule has 0 atom stereocenters. The standard InChI is InChI=1S/C23H20Cl2N4O4S/c1-33-17-7-6-15(20(25)11-17)12-29-13-18-21(28-29)9-16(10-22(18)34(26,31)32)27-23(30)8-14-4-2-3-5-19(14)24/h2-7,9-11,13H,8,12H2,1H3,(H,27,30)(H2,26,31,32). The lowest BCUT2D eigenvalue weighted by Gasteiger charge is -2.08. The molecular weight excluding hydrogens is 499 g/mol. The van der Waals surface area contributed by atoms with Crippen LogP contribution in [0.2, 0.25) is 10.0 Å². The summed E-state index contributed by atoms with van der Waals surface area (Å²) in [6.07, 6.45) is 1.60. The molecule has 0 spiro atoms. The molecule has 0 aliphatic heterocycles. The summed E-state index contributed by atoms with van der Waals surface area (Å²) < 4.78 is 31.3. The van der Waals surface area contributed by atoms with Crippen LogP contribution < -0.4 is 15.2 Å². The van der Waals surface area contributed by atoms with Crippen molar-refractivity contribution >= 4 is 55.7 Å². The number of nitrogens with two attached hydrogens (primary N) is 1. The number of rotatable bonds is 7. The van der Waals surface area contributed by atoms with Crippen molar-refractivity contribution in [3.8, 4) is 5.75 Å². The van der Waals surface area contributed by atoms with Crippen molar-refractivity contribution in [2.45, 2.75) is 17.9 Å². The zero-order chi connectivity index (χ0) is 24.5. The van der Waals surface area contributed by atoms with Crippen LogP contribution in [0.3, 0.4) is 0 Å². The van der Waals surface area contributed by atoms with Crippen molar-refractivity contribution < 1.29 is 17.9 Å². The number of carbonyl (C=O) groups is 1. The second-order valence-electron chi connectivity index (χ2n) is 7.55. The lowest BCUT2D eigenvalue weighted by Crippen LogP contribution is -2.16. The Bertz CT molecular complexity index is 1500. The molecule has 3 aromatic carbocycles. The Balaban J connectivity index is 1.66. The van der Waals surface area contributed by atoms with Gasteiger partial charge in [0.15, 0.2) is 0 Å². The van der Waals surface area contributed by atoms with Gasteiger partial charge in [-0.05, 0) is 41.5 Å². The number of carbonyl (C=O) groups excluding carboxylic acids is 1. The quantitative estimate of drug-likeness (QED) is 0.379. The number of hydrogen-bond donors (Lipinski definition) is 2. The Labute approximate surface area is 206 Å². The fourth-order valence-corrected chi connectivity index (χ4v) is 4.69. The Morgan fingerprint density at radius 2 is 1.85 bits per heavy atom. The van der Waals surface area contributed by atoms with Gasteiger partial charge < -0.3 is 10.1 Å². The number of halogens is 2. The topological polar surface area (TPSA) is 116 Å². The van der Waals surface area contributed by atoms with E-state index in [0.717, 1.165) is 5.56 Å². The Hall–Kier alpha value is -3.11. The van der Waals surface area contributed by atoms with Gasteiger partial charge in [0.1, 0.15) is 5.75 Å². The number of nitrogens with zero attached hydrogens (tertiary/aromatic N) is 2. The summed E-state index contributed by atoms with van der Waals surface area (Å²) in [4.78, 5) is 12.4. The van der Waals surface area contributed by atoms with Gasteiger partial charge in [0, 0.05) is 27.3 Å². The summed E-state index contributed by atoms with van der Waals surface area (Å²) in [7, 11) is -2.55. The number of anilines is 1. The van der Waals surface area contributed by atoms with E-state index in [1.54, 1.807) is 66.5 Å². The first-order valence-corrected chi connectivity index (χ1v) is 12.3. The van der Waals surface area contributed by atoms with Gasteiger partial charge in [-0.25, -0.2) is 13.6 Å². The van der Waals surface area contributed by atoms with E-state index in [-0.39, 0.29) is 29.5 Å². The molecule has 0 saturated carbocycles. The van der Waals surface area contributed by atoms with Gasteiger partial charge >= 0.3 is 0 Å². The zero-order valence-corrected chi connectivity index (χ0v) is 20.3. The molecule has 0 bridgehead atoms. The molecule has 3 N–H and O–H groups in total. The van der Waals surface area contributed by atoms with Gasteiger partial charge in [-0.3, -0.25) is 9.48 Å². The lowest BCUT2D eigenvalue weighted by molar-refractivity contribution is -0.115. The lowest BCUT2D eigenvalue weighted by atomic mass is 10.1. The van der Waals surface area contributed by atoms with Crippen LogP contribution in [0.15, 0.2) is 65.7 Å². The van der Waals surface area contributed by atoms with Crippen molar-refractivity contribution in [2.75, 3.05) is 12.4 Å². The molecule has 176 valence electrons. The number of primary sulfonamides is 1. The van der Waals surface area contributed by atoms with E-state index < -0.39 is 10.0 Å². The van der Waals surface area contributed by atoms with E-state index in [9.17, 15) is 13.2 Å². The summed E-state index contributed by atoms with van der Waals surface area (Å²) >= 11 is 12.5. The van der Waals surface area contributed by atoms with Gasteiger partial charge in [-0.1, -0.05) is 47.5 Å². The third kappa shape index (κ3) is 5.34. The minimum atomic E-state index is -4.10. The van der Waals surface area contributed by atoms with Crippen LogP contribution in [-0.2, 0) is 27.8 Å². The highest BCUT2D eigenvalue weighted by molar-refractivity contribution is 7.89. The second-order valence-corrected chi connectivity index (χ2v) is 9.90. The number of methoxy groups -OCH3 is 1. The van der Waals surface area contributed by atoms with E-state index in [2.05, 4.69) is 10.4 Å². The maximum atomic E-state index is 12.6. The average molecular weight is 519 g/mol. The van der Waals surface area contributed by atoms with Gasteiger partial charge in [0.25, 0.3) is 0 Å². The minimum Gasteiger partial charge on any atom is -0.497 e. The van der Waals surface area contributed by atoms with Crippen LogP contribution in [0, 0.1) is 0 Å². The highest BCUT2D eigenvalue weighted by Gasteiger charge is 2.19. The monoisotopic (exact) mass is 518 g/mol. The normalized spacial score (nSPS) is 11.5. The highest BCUT2D eigenvalue weighted by atomic mass is 35.5. The molecule has 0 aliphatic carbocycles. The van der Waals surface area contributed by atoms with Crippen LogP contribution in [0.4, 0.5) is 5.69 Å². The summed E-state index contributed by atoms with van der Waals surface area (Å²) in [5, 5.41) is 13.9. The van der Waals surface area contributed by atoms with E-state index in [0.29, 0.717) is 32.3 Å². The zero-order valence-electron chi connectivity index (χ0n) is 18.0. The first-order chi connectivity index (χ1) is 16.1. The van der Waals surface area contributed by atoms with Gasteiger partial charge in [0.05, 0.1) is 30.5 Å². The number of nitrogens with one attached hydrogen (secondary N) is 1. The molecule has 0 fully saturated rings. The number of benzene rings is 3. The molecule has 1 aromatic heterocycles. The average Bonchev–Trinajstić information content (AvgIpc) is 3.17. The number of sulfonamides is 1.